The highest BCUT2D eigenvalue weighted by atomic mass is 35.5. The van der Waals surface area contributed by atoms with Gasteiger partial charge in [-0.25, -0.2) is 9.97 Å². The summed E-state index contributed by atoms with van der Waals surface area (Å²) in [7, 11) is 0. The van der Waals surface area contributed by atoms with Crippen molar-refractivity contribution >= 4 is 11.6 Å². The minimum atomic E-state index is -4.54. The van der Waals surface area contributed by atoms with Crippen molar-refractivity contribution in [1.29, 1.82) is 0 Å². The number of aromatic nitrogens is 3. The van der Waals surface area contributed by atoms with Crippen LogP contribution in [0.25, 0.3) is 11.1 Å². The first-order valence-electron chi connectivity index (χ1n) is 4.47. The van der Waals surface area contributed by atoms with Crippen LogP contribution in [-0.2, 0) is 6.18 Å². The van der Waals surface area contributed by atoms with E-state index in [2.05, 4.69) is 15.0 Å². The summed E-state index contributed by atoms with van der Waals surface area (Å²) < 4.78 is 36.7. The average Bonchev–Trinajstić information content (AvgIpc) is 2.29. The fourth-order valence-corrected chi connectivity index (χ4v) is 1.45. The molecule has 2 heterocycles. The molecule has 88 valence electrons. The standard InChI is InChI=1S/C10H5ClF3N3/c11-8-5-15-2-1-7(8)6-3-16-9(17-4-6)10(12,13)14/h1-5H. The Morgan fingerprint density at radius 2 is 1.71 bits per heavy atom. The molecule has 0 atom stereocenters. The lowest BCUT2D eigenvalue weighted by molar-refractivity contribution is -0.144. The van der Waals surface area contributed by atoms with Crippen LogP contribution >= 0.6 is 11.6 Å². The molecule has 2 aromatic heterocycles. The Morgan fingerprint density at radius 3 is 2.24 bits per heavy atom. The monoisotopic (exact) mass is 259 g/mol. The summed E-state index contributed by atoms with van der Waals surface area (Å²) in [5.41, 5.74) is 0.945. The van der Waals surface area contributed by atoms with Crippen LogP contribution in [-0.4, -0.2) is 15.0 Å². The van der Waals surface area contributed by atoms with Gasteiger partial charge in [-0.3, -0.25) is 4.98 Å². The molecule has 0 aliphatic rings. The second-order valence-corrected chi connectivity index (χ2v) is 3.56. The van der Waals surface area contributed by atoms with Crippen LogP contribution in [0.3, 0.4) is 0 Å². The van der Waals surface area contributed by atoms with Crippen LogP contribution in [0.5, 0.6) is 0 Å². The van der Waals surface area contributed by atoms with Crippen molar-refractivity contribution in [3.8, 4) is 11.1 Å². The fourth-order valence-electron chi connectivity index (χ4n) is 1.22. The van der Waals surface area contributed by atoms with Gasteiger partial charge in [-0.15, -0.1) is 0 Å². The van der Waals surface area contributed by atoms with E-state index in [0.717, 1.165) is 12.4 Å². The van der Waals surface area contributed by atoms with Crippen molar-refractivity contribution < 1.29 is 13.2 Å². The fraction of sp³-hybridized carbons (Fsp3) is 0.100. The molecule has 0 saturated heterocycles. The normalized spacial score (nSPS) is 11.5. The Hall–Kier alpha value is -1.69. The molecule has 2 aromatic rings. The molecule has 0 amide bonds. The molecule has 0 spiro atoms. The van der Waals surface area contributed by atoms with Gasteiger partial charge in [-0.05, 0) is 6.07 Å². The highest BCUT2D eigenvalue weighted by molar-refractivity contribution is 6.33. The van der Waals surface area contributed by atoms with Gasteiger partial charge in [-0.1, -0.05) is 11.6 Å². The number of alkyl halides is 3. The molecule has 2 rings (SSSR count). The summed E-state index contributed by atoms with van der Waals surface area (Å²) in [5.74, 6) is -1.17. The SMILES string of the molecule is FC(F)(F)c1ncc(-c2ccncc2Cl)cn1. The van der Waals surface area contributed by atoms with Gasteiger partial charge in [0.1, 0.15) is 0 Å². The zero-order valence-corrected chi connectivity index (χ0v) is 9.00. The van der Waals surface area contributed by atoms with Crippen LogP contribution in [0.15, 0.2) is 30.9 Å². The number of nitrogens with zero attached hydrogens (tertiary/aromatic N) is 3. The van der Waals surface area contributed by atoms with Gasteiger partial charge in [0.05, 0.1) is 5.02 Å². The van der Waals surface area contributed by atoms with Gasteiger partial charge in [0, 0.05) is 35.9 Å². The van der Waals surface area contributed by atoms with Crippen molar-refractivity contribution in [2.24, 2.45) is 0 Å². The average molecular weight is 260 g/mol. The van der Waals surface area contributed by atoms with E-state index >= 15 is 0 Å². The Labute approximate surface area is 99.3 Å². The van der Waals surface area contributed by atoms with E-state index in [0.29, 0.717) is 16.1 Å². The first kappa shape index (κ1) is 11.8. The minimum absolute atomic E-state index is 0.329. The number of hydrogen-bond acceptors (Lipinski definition) is 3. The first-order valence-corrected chi connectivity index (χ1v) is 4.85. The van der Waals surface area contributed by atoms with Crippen LogP contribution < -0.4 is 0 Å². The highest BCUT2D eigenvalue weighted by Crippen LogP contribution is 2.29. The van der Waals surface area contributed by atoms with Gasteiger partial charge < -0.3 is 0 Å². The zero-order valence-electron chi connectivity index (χ0n) is 8.24. The van der Waals surface area contributed by atoms with E-state index < -0.39 is 12.0 Å². The first-order chi connectivity index (χ1) is 7.98. The third-order valence-electron chi connectivity index (χ3n) is 1.99. The molecular weight excluding hydrogens is 255 g/mol. The second kappa shape index (κ2) is 4.29. The third kappa shape index (κ3) is 2.52. The number of rotatable bonds is 1. The van der Waals surface area contributed by atoms with Crippen LogP contribution in [0.2, 0.25) is 5.02 Å². The summed E-state index contributed by atoms with van der Waals surface area (Å²) in [6.45, 7) is 0. The van der Waals surface area contributed by atoms with E-state index in [9.17, 15) is 13.2 Å². The summed E-state index contributed by atoms with van der Waals surface area (Å²) in [4.78, 5) is 10.3. The molecule has 0 fully saturated rings. The summed E-state index contributed by atoms with van der Waals surface area (Å²) in [5, 5.41) is 0.329. The van der Waals surface area contributed by atoms with E-state index in [1.54, 1.807) is 6.07 Å². The molecule has 0 saturated carbocycles. The maximum Gasteiger partial charge on any atom is 0.451 e. The lowest BCUT2D eigenvalue weighted by Crippen LogP contribution is -2.10. The minimum Gasteiger partial charge on any atom is -0.263 e. The Balaban J connectivity index is 2.40. The summed E-state index contributed by atoms with van der Waals surface area (Å²) >= 11 is 5.85. The molecule has 0 aromatic carbocycles. The quantitative estimate of drug-likeness (QED) is 0.789. The molecule has 0 unspecified atom stereocenters. The molecule has 0 radical (unpaired) electrons. The van der Waals surface area contributed by atoms with E-state index in [4.69, 9.17) is 11.6 Å². The number of pyridine rings is 1. The smallest absolute Gasteiger partial charge is 0.263 e. The lowest BCUT2D eigenvalue weighted by atomic mass is 10.1. The third-order valence-corrected chi connectivity index (χ3v) is 2.29. The van der Waals surface area contributed by atoms with E-state index in [1.807, 2.05) is 0 Å². The predicted molar refractivity (Wildman–Crippen MR) is 55.3 cm³/mol. The zero-order chi connectivity index (χ0) is 12.5. The largest absolute Gasteiger partial charge is 0.451 e. The molecule has 0 N–H and O–H groups in total. The van der Waals surface area contributed by atoms with Crippen LogP contribution in [0, 0.1) is 0 Å². The highest BCUT2D eigenvalue weighted by Gasteiger charge is 2.34. The summed E-state index contributed by atoms with van der Waals surface area (Å²) in [6, 6.07) is 1.58. The molecule has 0 aliphatic carbocycles. The van der Waals surface area contributed by atoms with Crippen LogP contribution in [0.4, 0.5) is 13.2 Å². The Kier molecular flexibility index (Phi) is 2.97. The number of hydrogen-bond donors (Lipinski definition) is 0. The summed E-state index contributed by atoms with van der Waals surface area (Å²) in [6.07, 6.45) is 0.502. The van der Waals surface area contributed by atoms with Gasteiger partial charge in [-0.2, -0.15) is 13.2 Å². The van der Waals surface area contributed by atoms with Crippen molar-refractivity contribution in [2.75, 3.05) is 0 Å². The predicted octanol–water partition coefficient (Wildman–Crippen LogP) is 3.21. The molecular formula is C10H5ClF3N3. The van der Waals surface area contributed by atoms with Gasteiger partial charge >= 0.3 is 6.18 Å². The molecule has 17 heavy (non-hydrogen) atoms. The molecule has 3 nitrogen and oxygen atoms in total. The van der Waals surface area contributed by atoms with Crippen LogP contribution in [0.1, 0.15) is 5.82 Å². The van der Waals surface area contributed by atoms with E-state index in [-0.39, 0.29) is 0 Å². The molecule has 0 bridgehead atoms. The van der Waals surface area contributed by atoms with Crippen molar-refractivity contribution in [3.63, 3.8) is 0 Å². The van der Waals surface area contributed by atoms with Crippen molar-refractivity contribution in [3.05, 3.63) is 41.7 Å². The van der Waals surface area contributed by atoms with Crippen molar-refractivity contribution in [1.82, 2.24) is 15.0 Å². The maximum absolute atomic E-state index is 12.2. The van der Waals surface area contributed by atoms with Gasteiger partial charge in [0.2, 0.25) is 5.82 Å². The maximum atomic E-state index is 12.2. The molecule has 0 aliphatic heterocycles. The van der Waals surface area contributed by atoms with E-state index in [1.165, 1.54) is 12.4 Å². The topological polar surface area (TPSA) is 38.7 Å². The second-order valence-electron chi connectivity index (χ2n) is 3.15. The Morgan fingerprint density at radius 1 is 1.06 bits per heavy atom. The molecule has 7 heteroatoms. The lowest BCUT2D eigenvalue weighted by Gasteiger charge is -2.06. The van der Waals surface area contributed by atoms with Crippen molar-refractivity contribution in [2.45, 2.75) is 6.18 Å². The number of halogens is 4. The van der Waals surface area contributed by atoms with Gasteiger partial charge in [0.15, 0.2) is 0 Å². The van der Waals surface area contributed by atoms with Gasteiger partial charge in [0.25, 0.3) is 0 Å². The Bertz CT molecular complexity index is 525.